The van der Waals surface area contributed by atoms with Gasteiger partial charge >= 0.3 is 5.97 Å². The molecule has 1 atom stereocenters. The highest BCUT2D eigenvalue weighted by Gasteiger charge is 2.16. The van der Waals surface area contributed by atoms with Crippen LogP contribution in [0.15, 0.2) is 52.2 Å². The van der Waals surface area contributed by atoms with Crippen molar-refractivity contribution in [2.75, 3.05) is 12.3 Å². The normalized spacial score (nSPS) is 12.1. The molecule has 0 radical (unpaired) electrons. The Hall–Kier alpha value is -2.74. The molecule has 8 heteroatoms. The number of esters is 1. The second-order valence-electron chi connectivity index (χ2n) is 6.61. The summed E-state index contributed by atoms with van der Waals surface area (Å²) in [5.41, 5.74) is 1.75. The maximum atomic E-state index is 12.3. The number of imidazole rings is 1. The Morgan fingerprint density at radius 3 is 2.86 bits per heavy atom. The molecule has 1 N–H and O–H groups in total. The number of carbonyl (C=O) groups is 2. The summed E-state index contributed by atoms with van der Waals surface area (Å²) in [6.07, 6.45) is 2.91. The standard InChI is InChI=1S/C21H25N3O4S/c1-3-15(2)28-19(25)14-24-17-9-5-4-8-16(17)23-21(24)29-13-7-11-22-20(26)18-10-6-12-27-18/h4-6,8-10,12,15H,3,7,11,13-14H2,1-2H3,(H,22,26). The lowest BCUT2D eigenvalue weighted by molar-refractivity contribution is -0.149. The summed E-state index contributed by atoms with van der Waals surface area (Å²) in [4.78, 5) is 28.8. The summed E-state index contributed by atoms with van der Waals surface area (Å²) >= 11 is 1.56. The number of fused-ring (bicyclic) bond motifs is 1. The Balaban J connectivity index is 1.58. The third kappa shape index (κ3) is 5.63. The van der Waals surface area contributed by atoms with E-state index in [0.29, 0.717) is 12.3 Å². The highest BCUT2D eigenvalue weighted by atomic mass is 32.2. The van der Waals surface area contributed by atoms with Crippen molar-refractivity contribution < 1.29 is 18.7 Å². The number of thioether (sulfide) groups is 1. The number of amides is 1. The summed E-state index contributed by atoms with van der Waals surface area (Å²) in [5.74, 6) is 0.566. The van der Waals surface area contributed by atoms with Crippen molar-refractivity contribution in [3.63, 3.8) is 0 Å². The highest BCUT2D eigenvalue weighted by Crippen LogP contribution is 2.24. The van der Waals surface area contributed by atoms with Gasteiger partial charge in [-0.3, -0.25) is 9.59 Å². The van der Waals surface area contributed by atoms with E-state index in [0.717, 1.165) is 34.8 Å². The topological polar surface area (TPSA) is 86.4 Å². The third-order valence-corrected chi connectivity index (χ3v) is 5.46. The van der Waals surface area contributed by atoms with E-state index in [1.165, 1.54) is 6.26 Å². The number of ether oxygens (including phenoxy) is 1. The third-order valence-electron chi connectivity index (χ3n) is 4.40. The van der Waals surface area contributed by atoms with E-state index in [1.807, 2.05) is 42.7 Å². The van der Waals surface area contributed by atoms with Crippen LogP contribution in [0.5, 0.6) is 0 Å². The Morgan fingerprint density at radius 2 is 2.10 bits per heavy atom. The SMILES string of the molecule is CCC(C)OC(=O)Cn1c(SCCCNC(=O)c2ccco2)nc2ccccc21. The maximum absolute atomic E-state index is 12.3. The molecule has 3 aromatic rings. The predicted octanol–water partition coefficient (Wildman–Crippen LogP) is 3.88. The molecular weight excluding hydrogens is 390 g/mol. The molecule has 0 aliphatic rings. The van der Waals surface area contributed by atoms with Crippen LogP contribution < -0.4 is 5.32 Å². The molecule has 0 saturated carbocycles. The molecule has 1 aromatic carbocycles. The number of benzene rings is 1. The molecule has 0 bridgehead atoms. The average molecular weight is 416 g/mol. The number of nitrogens with zero attached hydrogens (tertiary/aromatic N) is 2. The van der Waals surface area contributed by atoms with Crippen molar-refractivity contribution >= 4 is 34.7 Å². The van der Waals surface area contributed by atoms with Gasteiger partial charge in [-0.05, 0) is 44.0 Å². The predicted molar refractivity (Wildman–Crippen MR) is 112 cm³/mol. The molecule has 0 fully saturated rings. The largest absolute Gasteiger partial charge is 0.461 e. The van der Waals surface area contributed by atoms with Crippen molar-refractivity contribution in [1.29, 1.82) is 0 Å². The van der Waals surface area contributed by atoms with Crippen LogP contribution in [0.2, 0.25) is 0 Å². The van der Waals surface area contributed by atoms with E-state index in [-0.39, 0.29) is 24.5 Å². The van der Waals surface area contributed by atoms with Crippen LogP contribution in [-0.2, 0) is 16.1 Å². The molecule has 3 rings (SSSR count). The molecule has 1 unspecified atom stereocenters. The zero-order valence-corrected chi connectivity index (χ0v) is 17.4. The minimum Gasteiger partial charge on any atom is -0.461 e. The van der Waals surface area contributed by atoms with Gasteiger partial charge in [-0.25, -0.2) is 4.98 Å². The van der Waals surface area contributed by atoms with Crippen LogP contribution in [-0.4, -0.2) is 39.8 Å². The second kappa shape index (κ2) is 10.2. The smallest absolute Gasteiger partial charge is 0.326 e. The summed E-state index contributed by atoms with van der Waals surface area (Å²) in [7, 11) is 0. The quantitative estimate of drug-likeness (QED) is 0.307. The van der Waals surface area contributed by atoms with E-state index in [1.54, 1.807) is 23.9 Å². The van der Waals surface area contributed by atoms with Crippen molar-refractivity contribution in [2.45, 2.75) is 44.5 Å². The second-order valence-corrected chi connectivity index (χ2v) is 7.68. The maximum Gasteiger partial charge on any atom is 0.326 e. The van der Waals surface area contributed by atoms with Crippen LogP contribution in [0, 0.1) is 0 Å². The fourth-order valence-electron chi connectivity index (χ4n) is 2.72. The van der Waals surface area contributed by atoms with Crippen molar-refractivity contribution in [2.24, 2.45) is 0 Å². The van der Waals surface area contributed by atoms with Gasteiger partial charge in [0.15, 0.2) is 10.9 Å². The number of nitrogens with one attached hydrogen (secondary N) is 1. The van der Waals surface area contributed by atoms with Crippen molar-refractivity contribution in [3.05, 3.63) is 48.4 Å². The monoisotopic (exact) mass is 415 g/mol. The van der Waals surface area contributed by atoms with E-state index in [4.69, 9.17) is 9.15 Å². The molecule has 0 spiro atoms. The first-order chi connectivity index (χ1) is 14.1. The number of rotatable bonds is 10. The molecule has 154 valence electrons. The number of carbonyl (C=O) groups excluding carboxylic acids is 2. The number of furan rings is 1. The fraction of sp³-hybridized carbons (Fsp3) is 0.381. The lowest BCUT2D eigenvalue weighted by Crippen LogP contribution is -2.24. The summed E-state index contributed by atoms with van der Waals surface area (Å²) in [5, 5.41) is 3.59. The van der Waals surface area contributed by atoms with Gasteiger partial charge < -0.3 is 19.0 Å². The molecule has 0 saturated heterocycles. The number of hydrogen-bond acceptors (Lipinski definition) is 6. The lowest BCUT2D eigenvalue weighted by Gasteiger charge is -2.13. The van der Waals surface area contributed by atoms with Gasteiger partial charge in [0.2, 0.25) is 0 Å². The Kier molecular flexibility index (Phi) is 7.35. The van der Waals surface area contributed by atoms with Gasteiger partial charge in [0.25, 0.3) is 5.91 Å². The number of aromatic nitrogens is 2. The molecule has 2 heterocycles. The van der Waals surface area contributed by atoms with Gasteiger partial charge in [0, 0.05) is 12.3 Å². The summed E-state index contributed by atoms with van der Waals surface area (Å²) in [6, 6.07) is 11.0. The summed E-state index contributed by atoms with van der Waals surface area (Å²) in [6.45, 7) is 4.53. The summed E-state index contributed by atoms with van der Waals surface area (Å²) < 4.78 is 12.4. The van der Waals surface area contributed by atoms with Gasteiger partial charge in [-0.15, -0.1) is 0 Å². The Bertz CT molecular complexity index is 952. The van der Waals surface area contributed by atoms with E-state index in [2.05, 4.69) is 10.3 Å². The van der Waals surface area contributed by atoms with Crippen LogP contribution in [0.25, 0.3) is 11.0 Å². The zero-order valence-electron chi connectivity index (χ0n) is 16.6. The molecule has 0 aliphatic heterocycles. The minimum absolute atomic E-state index is 0.105. The van der Waals surface area contributed by atoms with Crippen LogP contribution in [0.4, 0.5) is 0 Å². The van der Waals surface area contributed by atoms with Crippen LogP contribution in [0.1, 0.15) is 37.2 Å². The average Bonchev–Trinajstić information content (AvgIpc) is 3.36. The first-order valence-corrected chi connectivity index (χ1v) is 10.7. The Morgan fingerprint density at radius 1 is 1.28 bits per heavy atom. The van der Waals surface area contributed by atoms with E-state index < -0.39 is 0 Å². The van der Waals surface area contributed by atoms with Crippen LogP contribution >= 0.6 is 11.8 Å². The molecule has 29 heavy (non-hydrogen) atoms. The first kappa shape index (κ1) is 21.0. The first-order valence-electron chi connectivity index (χ1n) is 9.67. The molecule has 1 amide bonds. The zero-order chi connectivity index (χ0) is 20.6. The molecule has 0 aliphatic carbocycles. The van der Waals surface area contributed by atoms with Crippen LogP contribution in [0.3, 0.4) is 0 Å². The van der Waals surface area contributed by atoms with Gasteiger partial charge in [-0.2, -0.15) is 0 Å². The van der Waals surface area contributed by atoms with Crippen molar-refractivity contribution in [1.82, 2.24) is 14.9 Å². The van der Waals surface area contributed by atoms with Gasteiger partial charge in [0.05, 0.1) is 23.4 Å². The molecule has 2 aromatic heterocycles. The molecular formula is C21H25N3O4S. The molecule has 7 nitrogen and oxygen atoms in total. The number of hydrogen-bond donors (Lipinski definition) is 1. The highest BCUT2D eigenvalue weighted by molar-refractivity contribution is 7.99. The number of para-hydroxylation sites is 2. The van der Waals surface area contributed by atoms with E-state index in [9.17, 15) is 9.59 Å². The van der Waals surface area contributed by atoms with Gasteiger partial charge in [-0.1, -0.05) is 30.8 Å². The fourth-order valence-corrected chi connectivity index (χ4v) is 3.68. The minimum atomic E-state index is -0.268. The van der Waals surface area contributed by atoms with E-state index >= 15 is 0 Å². The van der Waals surface area contributed by atoms with Crippen molar-refractivity contribution in [3.8, 4) is 0 Å². The Labute approximate surface area is 173 Å². The van der Waals surface area contributed by atoms with Gasteiger partial charge in [0.1, 0.15) is 6.54 Å². The lowest BCUT2D eigenvalue weighted by atomic mass is 10.3.